The van der Waals surface area contributed by atoms with Crippen molar-refractivity contribution in [3.05, 3.63) is 52.5 Å². The second-order valence-corrected chi connectivity index (χ2v) is 5.17. The van der Waals surface area contributed by atoms with Gasteiger partial charge in [0.2, 0.25) is 0 Å². The van der Waals surface area contributed by atoms with Crippen molar-refractivity contribution >= 4 is 5.69 Å². The van der Waals surface area contributed by atoms with Gasteiger partial charge in [0, 0.05) is 12.7 Å². The molecule has 102 valence electrons. The highest BCUT2D eigenvalue weighted by Crippen LogP contribution is 2.23. The fraction of sp³-hybridized carbons (Fsp3) is 0.375. The summed E-state index contributed by atoms with van der Waals surface area (Å²) < 4.78 is 5.75. The average Bonchev–Trinajstić information content (AvgIpc) is 2.69. The Morgan fingerprint density at radius 1 is 1.11 bits per heavy atom. The van der Waals surface area contributed by atoms with Crippen LogP contribution in [-0.2, 0) is 13.1 Å². The predicted octanol–water partition coefficient (Wildman–Crippen LogP) is 3.30. The van der Waals surface area contributed by atoms with Gasteiger partial charge in [0.15, 0.2) is 0 Å². The molecule has 0 atom stereocenters. The van der Waals surface area contributed by atoms with Crippen LogP contribution in [0.4, 0.5) is 5.69 Å². The van der Waals surface area contributed by atoms with Gasteiger partial charge in [-0.05, 0) is 44.0 Å². The number of rotatable bonds is 4. The van der Waals surface area contributed by atoms with E-state index in [2.05, 4.69) is 50.1 Å². The van der Waals surface area contributed by atoms with Gasteiger partial charge in [-0.25, -0.2) is 0 Å². The summed E-state index contributed by atoms with van der Waals surface area (Å²) in [6, 6.07) is 8.56. The molecule has 0 aliphatic rings. The minimum absolute atomic E-state index is 0.457. The second kappa shape index (κ2) is 5.49. The Bertz CT molecular complexity index is 572. The summed E-state index contributed by atoms with van der Waals surface area (Å²) in [5.41, 5.74) is 10.6. The van der Waals surface area contributed by atoms with E-state index >= 15 is 0 Å². The van der Waals surface area contributed by atoms with E-state index in [0.717, 1.165) is 23.6 Å². The third kappa shape index (κ3) is 2.99. The molecular formula is C16H22N2O. The van der Waals surface area contributed by atoms with Crippen molar-refractivity contribution in [3.8, 4) is 0 Å². The van der Waals surface area contributed by atoms with E-state index < -0.39 is 0 Å². The number of nitrogens with zero attached hydrogens (tertiary/aromatic N) is 1. The summed E-state index contributed by atoms with van der Waals surface area (Å²) in [6.07, 6.45) is 0. The highest BCUT2D eigenvalue weighted by atomic mass is 16.3. The maximum atomic E-state index is 5.75. The van der Waals surface area contributed by atoms with Gasteiger partial charge in [0.05, 0.1) is 13.1 Å². The number of furan rings is 1. The molecule has 2 aromatic rings. The number of nitrogens with two attached hydrogens (primary N) is 1. The van der Waals surface area contributed by atoms with Crippen LogP contribution in [0.25, 0.3) is 0 Å². The van der Waals surface area contributed by atoms with Gasteiger partial charge in [-0.1, -0.05) is 17.7 Å². The van der Waals surface area contributed by atoms with Gasteiger partial charge in [-0.3, -0.25) is 0 Å². The Morgan fingerprint density at radius 3 is 2.42 bits per heavy atom. The molecule has 2 rings (SSSR count). The first-order valence-electron chi connectivity index (χ1n) is 6.58. The zero-order valence-corrected chi connectivity index (χ0v) is 12.2. The van der Waals surface area contributed by atoms with Crippen molar-refractivity contribution in [1.82, 2.24) is 0 Å². The van der Waals surface area contributed by atoms with Gasteiger partial charge in [-0.2, -0.15) is 0 Å². The standard InChI is InChI=1S/C16H22N2O/c1-11-5-6-15(12(2)7-11)18(4)10-14-8-13(3)16(9-17)19-14/h5-8H,9-10,17H2,1-4H3. The van der Waals surface area contributed by atoms with E-state index in [4.69, 9.17) is 10.2 Å². The molecule has 0 aliphatic heterocycles. The van der Waals surface area contributed by atoms with Crippen molar-refractivity contribution in [3.63, 3.8) is 0 Å². The first-order valence-corrected chi connectivity index (χ1v) is 6.58. The fourth-order valence-electron chi connectivity index (χ4n) is 2.42. The minimum Gasteiger partial charge on any atom is -0.463 e. The largest absolute Gasteiger partial charge is 0.463 e. The third-order valence-electron chi connectivity index (χ3n) is 3.41. The summed E-state index contributed by atoms with van der Waals surface area (Å²) in [5, 5.41) is 0. The lowest BCUT2D eigenvalue weighted by molar-refractivity contribution is 0.463. The summed E-state index contributed by atoms with van der Waals surface area (Å²) in [5.74, 6) is 1.84. The van der Waals surface area contributed by atoms with Crippen LogP contribution in [0.2, 0.25) is 0 Å². The molecule has 3 heteroatoms. The van der Waals surface area contributed by atoms with Crippen LogP contribution in [-0.4, -0.2) is 7.05 Å². The maximum absolute atomic E-state index is 5.75. The zero-order valence-electron chi connectivity index (χ0n) is 12.2. The number of aryl methyl sites for hydroxylation is 3. The lowest BCUT2D eigenvalue weighted by Gasteiger charge is -2.20. The van der Waals surface area contributed by atoms with Gasteiger partial charge in [0.1, 0.15) is 11.5 Å². The van der Waals surface area contributed by atoms with Crippen molar-refractivity contribution in [2.24, 2.45) is 5.73 Å². The van der Waals surface area contributed by atoms with Crippen LogP contribution in [0, 0.1) is 20.8 Å². The molecule has 0 unspecified atom stereocenters. The van der Waals surface area contributed by atoms with Gasteiger partial charge < -0.3 is 15.1 Å². The number of hydrogen-bond donors (Lipinski definition) is 1. The molecule has 0 fully saturated rings. The molecule has 3 nitrogen and oxygen atoms in total. The molecule has 1 aromatic heterocycles. The fourth-order valence-corrected chi connectivity index (χ4v) is 2.42. The van der Waals surface area contributed by atoms with Gasteiger partial charge in [0.25, 0.3) is 0 Å². The lowest BCUT2D eigenvalue weighted by atomic mass is 10.1. The maximum Gasteiger partial charge on any atom is 0.123 e. The Labute approximate surface area is 115 Å². The highest BCUT2D eigenvalue weighted by molar-refractivity contribution is 5.53. The Hall–Kier alpha value is -1.74. The van der Waals surface area contributed by atoms with Crippen LogP contribution in [0.3, 0.4) is 0 Å². The molecule has 19 heavy (non-hydrogen) atoms. The Morgan fingerprint density at radius 2 is 1.84 bits per heavy atom. The van der Waals surface area contributed by atoms with Crippen LogP contribution >= 0.6 is 0 Å². The molecule has 1 heterocycles. The van der Waals surface area contributed by atoms with Crippen molar-refractivity contribution in [2.45, 2.75) is 33.9 Å². The zero-order chi connectivity index (χ0) is 14.0. The smallest absolute Gasteiger partial charge is 0.123 e. The van der Waals surface area contributed by atoms with Gasteiger partial charge >= 0.3 is 0 Å². The van der Waals surface area contributed by atoms with Crippen molar-refractivity contribution in [2.75, 3.05) is 11.9 Å². The lowest BCUT2D eigenvalue weighted by Crippen LogP contribution is -2.17. The molecule has 2 N–H and O–H groups in total. The predicted molar refractivity (Wildman–Crippen MR) is 79.4 cm³/mol. The van der Waals surface area contributed by atoms with Crippen LogP contribution in [0.1, 0.15) is 28.2 Å². The van der Waals surface area contributed by atoms with E-state index in [9.17, 15) is 0 Å². The molecule has 0 bridgehead atoms. The first-order chi connectivity index (χ1) is 9.01. The molecule has 0 aliphatic carbocycles. The molecule has 0 amide bonds. The topological polar surface area (TPSA) is 42.4 Å². The summed E-state index contributed by atoms with van der Waals surface area (Å²) in [4.78, 5) is 2.20. The molecule has 1 aromatic carbocycles. The highest BCUT2D eigenvalue weighted by Gasteiger charge is 2.10. The second-order valence-electron chi connectivity index (χ2n) is 5.17. The van der Waals surface area contributed by atoms with Gasteiger partial charge in [-0.15, -0.1) is 0 Å². The first kappa shape index (κ1) is 13.7. The van der Waals surface area contributed by atoms with E-state index in [1.165, 1.54) is 16.8 Å². The van der Waals surface area contributed by atoms with E-state index in [1.54, 1.807) is 0 Å². The SMILES string of the molecule is Cc1ccc(N(C)Cc2cc(C)c(CN)o2)c(C)c1. The summed E-state index contributed by atoms with van der Waals surface area (Å²) in [6.45, 7) is 7.49. The van der Waals surface area contributed by atoms with E-state index in [0.29, 0.717) is 6.54 Å². The average molecular weight is 258 g/mol. The Balaban J connectivity index is 2.17. The number of anilines is 1. The summed E-state index contributed by atoms with van der Waals surface area (Å²) >= 11 is 0. The van der Waals surface area contributed by atoms with Crippen LogP contribution in [0.5, 0.6) is 0 Å². The van der Waals surface area contributed by atoms with E-state index in [-0.39, 0.29) is 0 Å². The Kier molecular flexibility index (Phi) is 3.96. The molecule has 0 radical (unpaired) electrons. The number of hydrogen-bond acceptors (Lipinski definition) is 3. The normalized spacial score (nSPS) is 10.8. The summed E-state index contributed by atoms with van der Waals surface area (Å²) in [7, 11) is 2.08. The monoisotopic (exact) mass is 258 g/mol. The number of benzene rings is 1. The minimum atomic E-state index is 0.457. The van der Waals surface area contributed by atoms with Crippen LogP contribution < -0.4 is 10.6 Å². The van der Waals surface area contributed by atoms with E-state index in [1.807, 2.05) is 6.92 Å². The van der Waals surface area contributed by atoms with Crippen molar-refractivity contribution in [1.29, 1.82) is 0 Å². The quantitative estimate of drug-likeness (QED) is 0.915. The molecular weight excluding hydrogens is 236 g/mol. The molecule has 0 spiro atoms. The third-order valence-corrected chi connectivity index (χ3v) is 3.41. The molecule has 0 saturated carbocycles. The molecule has 0 saturated heterocycles. The van der Waals surface area contributed by atoms with Crippen molar-refractivity contribution < 1.29 is 4.42 Å². The van der Waals surface area contributed by atoms with Crippen LogP contribution in [0.15, 0.2) is 28.7 Å².